The third-order valence-electron chi connectivity index (χ3n) is 5.39. The van der Waals surface area contributed by atoms with E-state index in [1.165, 1.54) is 17.7 Å². The summed E-state index contributed by atoms with van der Waals surface area (Å²) < 4.78 is 13.6. The van der Waals surface area contributed by atoms with Crippen molar-refractivity contribution in [2.75, 3.05) is 24.7 Å². The van der Waals surface area contributed by atoms with Crippen LogP contribution in [-0.2, 0) is 11.3 Å². The predicted molar refractivity (Wildman–Crippen MR) is 95.6 cm³/mol. The lowest BCUT2D eigenvalue weighted by atomic mass is 9.85. The highest BCUT2D eigenvalue weighted by atomic mass is 19.1. The van der Waals surface area contributed by atoms with Crippen LogP contribution in [0.4, 0.5) is 10.1 Å². The molecule has 2 aromatic carbocycles. The molecule has 130 valence electrons. The van der Waals surface area contributed by atoms with Gasteiger partial charge in [-0.15, -0.1) is 0 Å². The molecule has 4 nitrogen and oxygen atoms in total. The fraction of sp³-hybridized carbons (Fsp3) is 0.350. The van der Waals surface area contributed by atoms with Gasteiger partial charge >= 0.3 is 0 Å². The second-order valence-corrected chi connectivity index (χ2v) is 6.87. The van der Waals surface area contributed by atoms with Crippen LogP contribution in [-0.4, -0.2) is 36.1 Å². The van der Waals surface area contributed by atoms with Crippen molar-refractivity contribution in [2.45, 2.75) is 24.9 Å². The van der Waals surface area contributed by atoms with E-state index in [-0.39, 0.29) is 11.7 Å². The van der Waals surface area contributed by atoms with Crippen LogP contribution in [0.1, 0.15) is 18.4 Å². The smallest absolute Gasteiger partial charge is 0.247 e. The molecule has 5 heteroatoms. The van der Waals surface area contributed by atoms with Gasteiger partial charge in [0.05, 0.1) is 6.67 Å². The monoisotopic (exact) mass is 339 g/mol. The zero-order valence-corrected chi connectivity index (χ0v) is 14.1. The molecule has 4 rings (SSSR count). The van der Waals surface area contributed by atoms with Crippen LogP contribution in [0, 0.1) is 5.82 Å². The Morgan fingerprint density at radius 3 is 2.52 bits per heavy atom. The third kappa shape index (κ3) is 3.00. The van der Waals surface area contributed by atoms with Crippen molar-refractivity contribution < 1.29 is 9.18 Å². The Labute approximate surface area is 147 Å². The number of piperidine rings is 1. The highest BCUT2D eigenvalue weighted by molar-refractivity contribution is 5.93. The number of nitrogens with zero attached hydrogens (tertiary/aromatic N) is 2. The molecule has 2 fully saturated rings. The van der Waals surface area contributed by atoms with Crippen molar-refractivity contribution in [3.63, 3.8) is 0 Å². The molecule has 0 aliphatic carbocycles. The molecule has 1 spiro atoms. The largest absolute Gasteiger partial charge is 0.339 e. The van der Waals surface area contributed by atoms with Crippen LogP contribution < -0.4 is 10.2 Å². The van der Waals surface area contributed by atoms with E-state index in [2.05, 4.69) is 34.5 Å². The molecule has 0 unspecified atom stereocenters. The minimum absolute atomic E-state index is 0.0659. The van der Waals surface area contributed by atoms with Gasteiger partial charge in [-0.2, -0.15) is 0 Å². The van der Waals surface area contributed by atoms with Gasteiger partial charge in [-0.25, -0.2) is 4.39 Å². The first-order chi connectivity index (χ1) is 12.2. The molecule has 0 bridgehead atoms. The van der Waals surface area contributed by atoms with Crippen LogP contribution >= 0.6 is 0 Å². The summed E-state index contributed by atoms with van der Waals surface area (Å²) >= 11 is 0. The minimum Gasteiger partial charge on any atom is -0.339 e. The molecule has 25 heavy (non-hydrogen) atoms. The molecule has 2 aliphatic heterocycles. The second-order valence-electron chi connectivity index (χ2n) is 6.87. The summed E-state index contributed by atoms with van der Waals surface area (Å²) in [5, 5.41) is 2.96. The number of hydrogen-bond donors (Lipinski definition) is 1. The van der Waals surface area contributed by atoms with Crippen molar-refractivity contribution in [3.05, 3.63) is 66.0 Å². The number of anilines is 1. The first-order valence-corrected chi connectivity index (χ1v) is 8.75. The fourth-order valence-electron chi connectivity index (χ4n) is 3.99. The topological polar surface area (TPSA) is 35.6 Å². The predicted octanol–water partition coefficient (Wildman–Crippen LogP) is 2.75. The van der Waals surface area contributed by atoms with E-state index in [0.29, 0.717) is 6.67 Å². The average molecular weight is 339 g/mol. The summed E-state index contributed by atoms with van der Waals surface area (Å²) in [6.45, 7) is 3.06. The van der Waals surface area contributed by atoms with Gasteiger partial charge in [0.2, 0.25) is 5.91 Å². The Morgan fingerprint density at radius 1 is 1.04 bits per heavy atom. The number of nitrogens with one attached hydrogen (secondary N) is 1. The van der Waals surface area contributed by atoms with Crippen molar-refractivity contribution >= 4 is 11.6 Å². The molecule has 2 aromatic rings. The first kappa shape index (κ1) is 16.1. The van der Waals surface area contributed by atoms with E-state index in [9.17, 15) is 9.18 Å². The van der Waals surface area contributed by atoms with Crippen LogP contribution in [0.15, 0.2) is 54.6 Å². The minimum atomic E-state index is -0.555. The van der Waals surface area contributed by atoms with E-state index in [4.69, 9.17) is 0 Å². The summed E-state index contributed by atoms with van der Waals surface area (Å²) in [4.78, 5) is 17.0. The van der Waals surface area contributed by atoms with E-state index in [1.807, 2.05) is 17.0 Å². The van der Waals surface area contributed by atoms with Crippen LogP contribution in [0.2, 0.25) is 0 Å². The Kier molecular flexibility index (Phi) is 4.17. The fourth-order valence-corrected chi connectivity index (χ4v) is 3.99. The number of likely N-dealkylation sites (tertiary alicyclic amines) is 1. The van der Waals surface area contributed by atoms with E-state index >= 15 is 0 Å². The third-order valence-corrected chi connectivity index (χ3v) is 5.39. The normalized spacial score (nSPS) is 20.0. The summed E-state index contributed by atoms with van der Waals surface area (Å²) in [6.07, 6.45) is 1.50. The SMILES string of the molecule is O=C1NCN(c2cccc(F)c2)C12CCN(Cc1ccccc1)CC2. The molecule has 0 aromatic heterocycles. The molecular formula is C20H22FN3O. The summed E-state index contributed by atoms with van der Waals surface area (Å²) in [5.74, 6) is -0.204. The number of hydrogen-bond acceptors (Lipinski definition) is 3. The Balaban J connectivity index is 1.50. The molecule has 1 amide bonds. The molecule has 2 heterocycles. The van der Waals surface area contributed by atoms with Gasteiger partial charge in [0, 0.05) is 25.3 Å². The number of carbonyl (C=O) groups is 1. The van der Waals surface area contributed by atoms with Crippen molar-refractivity contribution in [3.8, 4) is 0 Å². The lowest BCUT2D eigenvalue weighted by Gasteiger charge is -2.43. The van der Waals surface area contributed by atoms with Gasteiger partial charge in [-0.05, 0) is 36.6 Å². The van der Waals surface area contributed by atoms with E-state index < -0.39 is 5.54 Å². The van der Waals surface area contributed by atoms with Crippen molar-refractivity contribution in [1.82, 2.24) is 10.2 Å². The number of benzene rings is 2. The number of halogens is 1. The van der Waals surface area contributed by atoms with E-state index in [1.54, 1.807) is 6.07 Å². The summed E-state index contributed by atoms with van der Waals surface area (Å²) in [5.41, 5.74) is 1.51. The average Bonchev–Trinajstić information content (AvgIpc) is 2.94. The molecule has 2 aliphatic rings. The standard InChI is InChI=1S/C20H22FN3O/c21-17-7-4-8-18(13-17)24-15-22-19(25)20(24)9-11-23(12-10-20)14-16-5-2-1-3-6-16/h1-8,13H,9-12,14-15H2,(H,22,25). The van der Waals surface area contributed by atoms with Crippen molar-refractivity contribution in [1.29, 1.82) is 0 Å². The molecule has 2 saturated heterocycles. The molecule has 0 atom stereocenters. The van der Waals surface area contributed by atoms with Gasteiger partial charge in [0.1, 0.15) is 11.4 Å². The van der Waals surface area contributed by atoms with Gasteiger partial charge in [-0.1, -0.05) is 36.4 Å². The maximum Gasteiger partial charge on any atom is 0.247 e. The highest BCUT2D eigenvalue weighted by Gasteiger charge is 2.50. The quantitative estimate of drug-likeness (QED) is 0.934. The summed E-state index contributed by atoms with van der Waals surface area (Å²) in [7, 11) is 0. The van der Waals surface area contributed by atoms with E-state index in [0.717, 1.165) is 38.2 Å². The van der Waals surface area contributed by atoms with Crippen LogP contribution in [0.25, 0.3) is 0 Å². The number of amides is 1. The Morgan fingerprint density at radius 2 is 1.80 bits per heavy atom. The maximum absolute atomic E-state index is 13.6. The Hall–Kier alpha value is -2.40. The van der Waals surface area contributed by atoms with Gasteiger partial charge < -0.3 is 10.2 Å². The second kappa shape index (κ2) is 6.48. The molecule has 1 N–H and O–H groups in total. The van der Waals surface area contributed by atoms with Gasteiger partial charge in [-0.3, -0.25) is 9.69 Å². The van der Waals surface area contributed by atoms with Crippen molar-refractivity contribution in [2.24, 2.45) is 0 Å². The maximum atomic E-state index is 13.6. The zero-order chi connectivity index (χ0) is 17.3. The lowest BCUT2D eigenvalue weighted by Crippen LogP contribution is -2.56. The molecule has 0 saturated carbocycles. The number of rotatable bonds is 3. The van der Waals surface area contributed by atoms with Crippen LogP contribution in [0.3, 0.4) is 0 Å². The van der Waals surface area contributed by atoms with Gasteiger partial charge in [0.15, 0.2) is 0 Å². The van der Waals surface area contributed by atoms with Gasteiger partial charge in [0.25, 0.3) is 0 Å². The summed E-state index contributed by atoms with van der Waals surface area (Å²) in [6, 6.07) is 16.9. The first-order valence-electron chi connectivity index (χ1n) is 8.75. The zero-order valence-electron chi connectivity index (χ0n) is 14.1. The number of carbonyl (C=O) groups excluding carboxylic acids is 1. The Bertz CT molecular complexity index is 757. The molecular weight excluding hydrogens is 317 g/mol. The lowest BCUT2D eigenvalue weighted by molar-refractivity contribution is -0.125. The van der Waals surface area contributed by atoms with Crippen LogP contribution in [0.5, 0.6) is 0 Å². The molecule has 0 radical (unpaired) electrons. The highest BCUT2D eigenvalue weighted by Crippen LogP contribution is 2.36.